The number of aromatic nitrogens is 1. The van der Waals surface area contributed by atoms with Crippen molar-refractivity contribution in [2.75, 3.05) is 5.73 Å². The van der Waals surface area contributed by atoms with E-state index in [1.54, 1.807) is 12.1 Å². The van der Waals surface area contributed by atoms with E-state index in [0.717, 1.165) is 58.1 Å². The summed E-state index contributed by atoms with van der Waals surface area (Å²) in [7, 11) is -14.7. The van der Waals surface area contributed by atoms with Gasteiger partial charge >= 0.3 is 0 Å². The topological polar surface area (TPSA) is 272 Å². The summed E-state index contributed by atoms with van der Waals surface area (Å²) in [5, 5.41) is 28.6. The summed E-state index contributed by atoms with van der Waals surface area (Å²) in [6, 6.07) is 25.9. The minimum absolute atomic E-state index is 0.0548. The first-order valence-corrected chi connectivity index (χ1v) is 20.1. The summed E-state index contributed by atoms with van der Waals surface area (Å²) in [5.74, 6) is -0.881. The number of para-hydroxylation sites is 1. The van der Waals surface area contributed by atoms with Gasteiger partial charge in [-0.2, -0.15) is 30.4 Å². The minimum Gasteiger partial charge on any atom is -0.505 e. The number of fused-ring (bicyclic) bond motifs is 3. The average Bonchev–Trinajstić information content (AvgIpc) is 3.12. The first-order valence-electron chi connectivity index (χ1n) is 15.8. The molecule has 0 amide bonds. The number of azo groups is 2. The van der Waals surface area contributed by atoms with Crippen molar-refractivity contribution in [3.63, 3.8) is 0 Å². The lowest BCUT2D eigenvalue weighted by atomic mass is 10.1. The van der Waals surface area contributed by atoms with Gasteiger partial charge in [-0.25, -0.2) is 4.98 Å². The van der Waals surface area contributed by atoms with E-state index in [4.69, 9.17) is 10.7 Å². The normalized spacial score (nSPS) is 12.8. The van der Waals surface area contributed by atoms with Crippen LogP contribution in [0.25, 0.3) is 43.7 Å². The van der Waals surface area contributed by atoms with Crippen molar-refractivity contribution in [2.45, 2.75) is 21.6 Å². The highest BCUT2D eigenvalue weighted by Crippen LogP contribution is 2.44. The monoisotopic (exact) mass is 798 g/mol. The molecule has 0 saturated carbocycles. The molecule has 0 radical (unpaired) electrons. The number of nitrogen functional groups attached to an aromatic ring is 1. The Labute approximate surface area is 312 Å². The number of phenolic OH excluding ortho intramolecular Hbond substituents is 1. The van der Waals surface area contributed by atoms with Crippen LogP contribution >= 0.6 is 0 Å². The standard InChI is InChI=1S/C36H26N6O10S3/c1-19-14-32(38-29-5-3-2-4-24(19)29)20-6-8-22(9-7-20)39-40-30-12-13-31(27-17-23(53(44,45)46)10-11-25(27)30)41-42-35-34(55(50,51)52)16-21-15-33(54(47,48)49)28(37)18-26(21)36(35)43/h2-18,43H,37H2,1H3,(H,44,45,46)(H,47,48,49)(H,50,51,52)/b40-39+,42-41+. The molecular weight excluding hydrogens is 773 g/mol. The van der Waals surface area contributed by atoms with Gasteiger partial charge in [-0.1, -0.05) is 36.4 Å². The molecule has 7 rings (SSSR count). The molecule has 6 aromatic carbocycles. The third-order valence-corrected chi connectivity index (χ3v) is 11.2. The molecule has 19 heteroatoms. The van der Waals surface area contributed by atoms with E-state index in [0.29, 0.717) is 5.69 Å². The first-order chi connectivity index (χ1) is 25.9. The second kappa shape index (κ2) is 13.6. The zero-order valence-electron chi connectivity index (χ0n) is 28.1. The average molecular weight is 799 g/mol. The van der Waals surface area contributed by atoms with Gasteiger partial charge in [-0.05, 0) is 84.6 Å². The number of nitrogens with zero attached hydrogens (tertiary/aromatic N) is 5. The van der Waals surface area contributed by atoms with Gasteiger partial charge in [-0.15, -0.1) is 15.3 Å². The number of aromatic hydroxyl groups is 1. The van der Waals surface area contributed by atoms with Gasteiger partial charge in [0.15, 0.2) is 5.75 Å². The maximum Gasteiger partial charge on any atom is 0.296 e. The molecular formula is C36H26N6O10S3. The Bertz CT molecular complexity index is 3150. The molecule has 0 fully saturated rings. The molecule has 0 spiro atoms. The maximum atomic E-state index is 12.4. The van der Waals surface area contributed by atoms with Crippen LogP contribution in [0, 0.1) is 6.92 Å². The van der Waals surface area contributed by atoms with Gasteiger partial charge in [0.2, 0.25) is 0 Å². The van der Waals surface area contributed by atoms with E-state index < -0.39 is 62.2 Å². The molecule has 0 bridgehead atoms. The van der Waals surface area contributed by atoms with Crippen molar-refractivity contribution >= 4 is 91.2 Å². The van der Waals surface area contributed by atoms with Crippen LogP contribution in [0.2, 0.25) is 0 Å². The summed E-state index contributed by atoms with van der Waals surface area (Å²) < 4.78 is 102. The van der Waals surface area contributed by atoms with E-state index in [1.165, 1.54) is 18.2 Å². The van der Waals surface area contributed by atoms with Crippen molar-refractivity contribution in [3.05, 3.63) is 109 Å². The molecule has 16 nitrogen and oxygen atoms in total. The number of anilines is 1. The second-order valence-corrected chi connectivity index (χ2v) is 16.4. The number of rotatable bonds is 8. The van der Waals surface area contributed by atoms with Gasteiger partial charge < -0.3 is 10.8 Å². The van der Waals surface area contributed by atoms with Crippen molar-refractivity contribution < 1.29 is 44.0 Å². The lowest BCUT2D eigenvalue weighted by Gasteiger charge is -2.11. The molecule has 0 atom stereocenters. The Balaban J connectivity index is 1.29. The van der Waals surface area contributed by atoms with E-state index in [9.17, 15) is 44.0 Å². The fraction of sp³-hybridized carbons (Fsp3) is 0.0278. The van der Waals surface area contributed by atoms with Crippen LogP contribution in [0.15, 0.2) is 138 Å². The molecule has 6 N–H and O–H groups in total. The summed E-state index contributed by atoms with van der Waals surface area (Å²) >= 11 is 0. The quantitative estimate of drug-likeness (QED) is 0.0551. The number of pyridine rings is 1. The lowest BCUT2D eigenvalue weighted by Crippen LogP contribution is -2.04. The lowest BCUT2D eigenvalue weighted by molar-refractivity contribution is 0.472. The summed E-state index contributed by atoms with van der Waals surface area (Å²) in [6.45, 7) is 2.01. The molecule has 0 aliphatic carbocycles. The second-order valence-electron chi connectivity index (χ2n) is 12.2. The van der Waals surface area contributed by atoms with Crippen molar-refractivity contribution in [1.82, 2.24) is 4.98 Å². The van der Waals surface area contributed by atoms with Crippen molar-refractivity contribution in [3.8, 4) is 17.0 Å². The molecule has 55 heavy (non-hydrogen) atoms. The SMILES string of the molecule is Cc1cc(-c2ccc(/N=N/c3ccc(/N=N/c4c(S(=O)(=O)O)cc5cc(S(=O)(=O)O)c(N)cc5c4O)c4cc(S(=O)(=O)O)ccc34)cc2)nc2ccccc12. The Kier molecular flexibility index (Phi) is 9.16. The van der Waals surface area contributed by atoms with Gasteiger partial charge in [0.1, 0.15) is 15.5 Å². The van der Waals surface area contributed by atoms with Gasteiger partial charge in [-0.3, -0.25) is 13.7 Å². The van der Waals surface area contributed by atoms with Crippen LogP contribution < -0.4 is 5.73 Å². The van der Waals surface area contributed by atoms with E-state index >= 15 is 0 Å². The minimum atomic E-state index is -5.15. The number of hydrogen-bond donors (Lipinski definition) is 5. The van der Waals surface area contributed by atoms with E-state index in [2.05, 4.69) is 20.5 Å². The summed E-state index contributed by atoms with van der Waals surface area (Å²) in [6.07, 6.45) is 0. The van der Waals surface area contributed by atoms with Gasteiger partial charge in [0.25, 0.3) is 30.4 Å². The number of hydrogen-bond acceptors (Lipinski definition) is 13. The Morgan fingerprint density at radius 2 is 1.24 bits per heavy atom. The number of benzene rings is 6. The molecule has 1 aromatic heterocycles. The third-order valence-electron chi connectivity index (χ3n) is 8.59. The Hall–Kier alpha value is -6.22. The molecule has 0 aliphatic rings. The summed E-state index contributed by atoms with van der Waals surface area (Å²) in [4.78, 5) is 2.48. The van der Waals surface area contributed by atoms with Crippen LogP contribution in [-0.4, -0.2) is 49.0 Å². The van der Waals surface area contributed by atoms with Crippen LogP contribution in [0.3, 0.4) is 0 Å². The van der Waals surface area contributed by atoms with Crippen LogP contribution in [0.4, 0.5) is 28.4 Å². The zero-order chi connectivity index (χ0) is 39.4. The molecule has 0 unspecified atom stereocenters. The maximum absolute atomic E-state index is 12.4. The first kappa shape index (κ1) is 37.1. The zero-order valence-corrected chi connectivity index (χ0v) is 30.5. The smallest absolute Gasteiger partial charge is 0.296 e. The van der Waals surface area contributed by atoms with Gasteiger partial charge in [0, 0.05) is 27.1 Å². The van der Waals surface area contributed by atoms with Crippen LogP contribution in [0.5, 0.6) is 5.75 Å². The molecule has 0 aliphatic heterocycles. The van der Waals surface area contributed by atoms with Crippen molar-refractivity contribution in [2.24, 2.45) is 20.5 Å². The third kappa shape index (κ3) is 7.34. The van der Waals surface area contributed by atoms with Crippen molar-refractivity contribution in [1.29, 1.82) is 0 Å². The van der Waals surface area contributed by atoms with E-state index in [1.807, 2.05) is 49.4 Å². The largest absolute Gasteiger partial charge is 0.505 e. The highest BCUT2D eigenvalue weighted by molar-refractivity contribution is 7.86. The predicted octanol–water partition coefficient (Wildman–Crippen LogP) is 8.38. The highest BCUT2D eigenvalue weighted by atomic mass is 32.2. The van der Waals surface area contributed by atoms with Crippen LogP contribution in [-0.2, 0) is 30.4 Å². The fourth-order valence-electron chi connectivity index (χ4n) is 5.95. The predicted molar refractivity (Wildman–Crippen MR) is 204 cm³/mol. The molecule has 1 heterocycles. The fourth-order valence-corrected chi connectivity index (χ4v) is 7.75. The molecule has 7 aromatic rings. The number of nitrogens with two attached hydrogens (primary N) is 1. The van der Waals surface area contributed by atoms with Crippen LogP contribution in [0.1, 0.15) is 5.56 Å². The molecule has 278 valence electrons. The Morgan fingerprint density at radius 1 is 0.600 bits per heavy atom. The molecule has 0 saturated heterocycles. The number of phenols is 1. The number of aryl methyl sites for hydroxylation is 1. The van der Waals surface area contributed by atoms with Gasteiger partial charge in [0.05, 0.1) is 38.9 Å². The Morgan fingerprint density at radius 3 is 1.91 bits per heavy atom. The van der Waals surface area contributed by atoms with E-state index in [-0.39, 0.29) is 32.9 Å². The summed E-state index contributed by atoms with van der Waals surface area (Å²) in [5.41, 5.74) is 8.68. The highest BCUT2D eigenvalue weighted by Gasteiger charge is 2.25.